The van der Waals surface area contributed by atoms with Crippen molar-refractivity contribution in [3.8, 4) is 0 Å². The Kier molecular flexibility index (Phi) is 2.32. The van der Waals surface area contributed by atoms with Gasteiger partial charge in [0.25, 0.3) is 0 Å². The summed E-state index contributed by atoms with van der Waals surface area (Å²) in [4.78, 5) is 4.18. The van der Waals surface area contributed by atoms with Gasteiger partial charge in [-0.25, -0.2) is 4.98 Å². The van der Waals surface area contributed by atoms with Gasteiger partial charge in [0.05, 0.1) is 0 Å². The minimum Gasteiger partial charge on any atom is -0.377 e. The van der Waals surface area contributed by atoms with E-state index in [1.807, 2.05) is 48.1 Å². The first-order valence-electron chi connectivity index (χ1n) is 4.88. The molecule has 3 nitrogen and oxygen atoms in total. The summed E-state index contributed by atoms with van der Waals surface area (Å²) in [6, 6.07) is 9.54. The summed E-state index contributed by atoms with van der Waals surface area (Å²) in [5, 5.41) is 10.4. The topological polar surface area (TPSA) is 38.0 Å². The minimum atomic E-state index is -1.04. The Morgan fingerprint density at radius 1 is 1.27 bits per heavy atom. The standard InChI is InChI=1S/C12H14N2O/c1-12(15,10-6-4-3-5-7-10)11-13-8-9-14(11)2/h3-9,15H,1-2H3. The summed E-state index contributed by atoms with van der Waals surface area (Å²) in [5.74, 6) is 0.647. The largest absolute Gasteiger partial charge is 0.377 e. The molecule has 1 heterocycles. The molecule has 2 aromatic rings. The Hall–Kier alpha value is -1.61. The predicted octanol–water partition coefficient (Wildman–Crippen LogP) is 1.68. The van der Waals surface area contributed by atoms with Crippen LogP contribution in [0.3, 0.4) is 0 Å². The second-order valence-corrected chi connectivity index (χ2v) is 3.80. The first-order chi connectivity index (χ1) is 7.12. The third-order valence-corrected chi connectivity index (χ3v) is 2.59. The van der Waals surface area contributed by atoms with Crippen LogP contribution in [0, 0.1) is 0 Å². The molecular weight excluding hydrogens is 188 g/mol. The highest BCUT2D eigenvalue weighted by molar-refractivity contribution is 5.28. The van der Waals surface area contributed by atoms with E-state index in [2.05, 4.69) is 4.98 Å². The van der Waals surface area contributed by atoms with Crippen LogP contribution < -0.4 is 0 Å². The summed E-state index contributed by atoms with van der Waals surface area (Å²) in [6.07, 6.45) is 3.51. The van der Waals surface area contributed by atoms with Gasteiger partial charge >= 0.3 is 0 Å². The average Bonchev–Trinajstić information content (AvgIpc) is 2.66. The maximum atomic E-state index is 10.4. The second-order valence-electron chi connectivity index (χ2n) is 3.80. The number of aromatic nitrogens is 2. The molecule has 1 aromatic carbocycles. The number of hydrogen-bond acceptors (Lipinski definition) is 2. The molecule has 15 heavy (non-hydrogen) atoms. The van der Waals surface area contributed by atoms with E-state index in [-0.39, 0.29) is 0 Å². The highest BCUT2D eigenvalue weighted by Crippen LogP contribution is 2.26. The van der Waals surface area contributed by atoms with Crippen LogP contribution in [0.25, 0.3) is 0 Å². The first kappa shape index (κ1) is 9.93. The molecule has 0 aliphatic carbocycles. The zero-order chi connectivity index (χ0) is 10.9. The van der Waals surface area contributed by atoms with E-state index in [1.165, 1.54) is 0 Å². The fourth-order valence-electron chi connectivity index (χ4n) is 1.73. The van der Waals surface area contributed by atoms with Gasteiger partial charge in [0.2, 0.25) is 0 Å². The number of benzene rings is 1. The normalized spacial score (nSPS) is 14.9. The van der Waals surface area contributed by atoms with Crippen LogP contribution in [-0.4, -0.2) is 14.7 Å². The minimum absolute atomic E-state index is 0.647. The van der Waals surface area contributed by atoms with Crippen molar-refractivity contribution in [3.05, 3.63) is 54.1 Å². The zero-order valence-corrected chi connectivity index (χ0v) is 8.88. The van der Waals surface area contributed by atoms with E-state index in [1.54, 1.807) is 13.1 Å². The van der Waals surface area contributed by atoms with E-state index in [4.69, 9.17) is 0 Å². The fraction of sp³-hybridized carbons (Fsp3) is 0.250. The van der Waals surface area contributed by atoms with Crippen LogP contribution in [0.15, 0.2) is 42.7 Å². The van der Waals surface area contributed by atoms with Gasteiger partial charge in [0, 0.05) is 19.4 Å². The molecule has 1 unspecified atom stereocenters. The van der Waals surface area contributed by atoms with Crippen molar-refractivity contribution in [2.45, 2.75) is 12.5 Å². The lowest BCUT2D eigenvalue weighted by Crippen LogP contribution is -2.26. The average molecular weight is 202 g/mol. The molecule has 0 amide bonds. The van der Waals surface area contributed by atoms with Gasteiger partial charge in [-0.15, -0.1) is 0 Å². The molecule has 0 spiro atoms. The Morgan fingerprint density at radius 2 is 1.93 bits per heavy atom. The molecule has 78 valence electrons. The Balaban J connectivity index is 2.48. The van der Waals surface area contributed by atoms with Gasteiger partial charge in [-0.1, -0.05) is 30.3 Å². The smallest absolute Gasteiger partial charge is 0.144 e. The van der Waals surface area contributed by atoms with E-state index in [0.717, 1.165) is 5.56 Å². The molecule has 0 saturated carbocycles. The van der Waals surface area contributed by atoms with Crippen LogP contribution in [0.4, 0.5) is 0 Å². The van der Waals surface area contributed by atoms with E-state index >= 15 is 0 Å². The molecule has 0 aliphatic heterocycles. The first-order valence-corrected chi connectivity index (χ1v) is 4.88. The van der Waals surface area contributed by atoms with Crippen molar-refractivity contribution >= 4 is 0 Å². The highest BCUT2D eigenvalue weighted by Gasteiger charge is 2.29. The number of aryl methyl sites for hydroxylation is 1. The molecule has 2 rings (SSSR count). The van der Waals surface area contributed by atoms with Crippen molar-refractivity contribution < 1.29 is 5.11 Å². The Labute approximate surface area is 89.0 Å². The monoisotopic (exact) mass is 202 g/mol. The lowest BCUT2D eigenvalue weighted by Gasteiger charge is -2.23. The van der Waals surface area contributed by atoms with Crippen molar-refractivity contribution in [1.29, 1.82) is 0 Å². The van der Waals surface area contributed by atoms with Crippen LogP contribution in [0.1, 0.15) is 18.3 Å². The van der Waals surface area contributed by atoms with Gasteiger partial charge < -0.3 is 9.67 Å². The Morgan fingerprint density at radius 3 is 2.47 bits per heavy atom. The molecule has 1 atom stereocenters. The summed E-state index contributed by atoms with van der Waals surface area (Å²) >= 11 is 0. The van der Waals surface area contributed by atoms with Crippen molar-refractivity contribution in [2.24, 2.45) is 7.05 Å². The second kappa shape index (κ2) is 3.51. The van der Waals surface area contributed by atoms with Gasteiger partial charge in [-0.3, -0.25) is 0 Å². The molecular formula is C12H14N2O. The van der Waals surface area contributed by atoms with Gasteiger partial charge in [0.1, 0.15) is 11.4 Å². The van der Waals surface area contributed by atoms with Gasteiger partial charge in [0.15, 0.2) is 0 Å². The maximum Gasteiger partial charge on any atom is 0.144 e. The number of aliphatic hydroxyl groups is 1. The predicted molar refractivity (Wildman–Crippen MR) is 58.3 cm³/mol. The van der Waals surface area contributed by atoms with Crippen LogP contribution >= 0.6 is 0 Å². The summed E-state index contributed by atoms with van der Waals surface area (Å²) in [5.41, 5.74) is -0.196. The molecule has 3 heteroatoms. The summed E-state index contributed by atoms with van der Waals surface area (Å²) < 4.78 is 1.83. The lowest BCUT2D eigenvalue weighted by atomic mass is 9.95. The quantitative estimate of drug-likeness (QED) is 0.804. The SMILES string of the molecule is Cn1ccnc1C(C)(O)c1ccccc1. The highest BCUT2D eigenvalue weighted by atomic mass is 16.3. The molecule has 1 aromatic heterocycles. The summed E-state index contributed by atoms with van der Waals surface area (Å²) in [7, 11) is 1.87. The molecule has 0 radical (unpaired) electrons. The van der Waals surface area contributed by atoms with Gasteiger partial charge in [-0.05, 0) is 12.5 Å². The number of hydrogen-bond donors (Lipinski definition) is 1. The Bertz CT molecular complexity index is 446. The van der Waals surface area contributed by atoms with Crippen LogP contribution in [-0.2, 0) is 12.6 Å². The van der Waals surface area contributed by atoms with E-state index < -0.39 is 5.60 Å². The molecule has 0 fully saturated rings. The third kappa shape index (κ3) is 1.66. The number of rotatable bonds is 2. The van der Waals surface area contributed by atoms with E-state index in [0.29, 0.717) is 5.82 Å². The molecule has 1 N–H and O–H groups in total. The van der Waals surface area contributed by atoms with Crippen molar-refractivity contribution in [1.82, 2.24) is 9.55 Å². The third-order valence-electron chi connectivity index (χ3n) is 2.59. The lowest BCUT2D eigenvalue weighted by molar-refractivity contribution is 0.0892. The van der Waals surface area contributed by atoms with Crippen molar-refractivity contribution in [3.63, 3.8) is 0 Å². The number of imidazole rings is 1. The van der Waals surface area contributed by atoms with Crippen LogP contribution in [0.5, 0.6) is 0 Å². The maximum absolute atomic E-state index is 10.4. The molecule has 0 saturated heterocycles. The van der Waals surface area contributed by atoms with Crippen LogP contribution in [0.2, 0.25) is 0 Å². The van der Waals surface area contributed by atoms with Gasteiger partial charge in [-0.2, -0.15) is 0 Å². The fourth-order valence-corrected chi connectivity index (χ4v) is 1.73. The van der Waals surface area contributed by atoms with Crippen molar-refractivity contribution in [2.75, 3.05) is 0 Å². The zero-order valence-electron chi connectivity index (χ0n) is 8.88. The molecule has 0 bridgehead atoms. The number of nitrogens with zero attached hydrogens (tertiary/aromatic N) is 2. The molecule has 0 aliphatic rings. The van der Waals surface area contributed by atoms with E-state index in [9.17, 15) is 5.11 Å². The summed E-state index contributed by atoms with van der Waals surface area (Å²) in [6.45, 7) is 1.75.